The summed E-state index contributed by atoms with van der Waals surface area (Å²) in [4.78, 5) is 15.8. The number of guanidine groups is 1. The minimum absolute atomic E-state index is 0. The maximum Gasteiger partial charge on any atom is 0.251 e. The van der Waals surface area contributed by atoms with E-state index in [1.54, 1.807) is 19.1 Å². The lowest BCUT2D eigenvalue weighted by Gasteiger charge is -2.08. The maximum atomic E-state index is 13.3. The molecule has 0 saturated carbocycles. The summed E-state index contributed by atoms with van der Waals surface area (Å²) in [5.41, 5.74) is 6.42. The van der Waals surface area contributed by atoms with Gasteiger partial charge >= 0.3 is 0 Å². The van der Waals surface area contributed by atoms with Crippen LogP contribution in [0.25, 0.3) is 0 Å². The standard InChI is InChI=1S/C14H21FN4O.HI/c1-3-6-18-14(16)19-8-7-17-13(20)11-5-4-10(2)12(15)9-11;/h4-5,9H,3,6-8H2,1-2H3,(H,17,20)(H3,16,18,19);1H. The molecule has 1 rings (SSSR count). The van der Waals surface area contributed by atoms with E-state index in [1.165, 1.54) is 6.07 Å². The first-order valence-electron chi connectivity index (χ1n) is 6.62. The van der Waals surface area contributed by atoms with Crippen LogP contribution < -0.4 is 16.4 Å². The molecule has 1 aromatic rings. The van der Waals surface area contributed by atoms with Gasteiger partial charge in [0.25, 0.3) is 5.91 Å². The number of hydrogen-bond acceptors (Lipinski definition) is 2. The van der Waals surface area contributed by atoms with Crippen LogP contribution in [0.3, 0.4) is 0 Å². The van der Waals surface area contributed by atoms with Crippen molar-refractivity contribution in [3.63, 3.8) is 0 Å². The van der Waals surface area contributed by atoms with Gasteiger partial charge in [-0.3, -0.25) is 9.79 Å². The van der Waals surface area contributed by atoms with E-state index in [4.69, 9.17) is 5.73 Å². The first-order chi connectivity index (χ1) is 9.54. The lowest BCUT2D eigenvalue weighted by atomic mass is 10.1. The van der Waals surface area contributed by atoms with Crippen molar-refractivity contribution in [2.75, 3.05) is 19.6 Å². The van der Waals surface area contributed by atoms with Crippen molar-refractivity contribution in [1.29, 1.82) is 0 Å². The van der Waals surface area contributed by atoms with Gasteiger partial charge in [-0.25, -0.2) is 4.39 Å². The molecule has 0 atom stereocenters. The molecule has 1 aromatic carbocycles. The second-order valence-electron chi connectivity index (χ2n) is 4.41. The molecular formula is C14H22FIN4O. The second-order valence-corrected chi connectivity index (χ2v) is 4.41. The van der Waals surface area contributed by atoms with Crippen molar-refractivity contribution in [3.8, 4) is 0 Å². The molecule has 0 aliphatic heterocycles. The molecule has 1 amide bonds. The summed E-state index contributed by atoms with van der Waals surface area (Å²) in [6.07, 6.45) is 0.929. The van der Waals surface area contributed by atoms with E-state index < -0.39 is 0 Å². The highest BCUT2D eigenvalue weighted by molar-refractivity contribution is 14.0. The van der Waals surface area contributed by atoms with Crippen LogP contribution in [0.5, 0.6) is 0 Å². The van der Waals surface area contributed by atoms with Gasteiger partial charge in [0.1, 0.15) is 5.82 Å². The monoisotopic (exact) mass is 408 g/mol. The SMILES string of the molecule is CCCN=C(N)NCCNC(=O)c1ccc(C)c(F)c1.I. The molecule has 21 heavy (non-hydrogen) atoms. The van der Waals surface area contributed by atoms with Crippen molar-refractivity contribution in [2.24, 2.45) is 10.7 Å². The summed E-state index contributed by atoms with van der Waals surface area (Å²) in [5, 5.41) is 5.56. The molecule has 4 N–H and O–H groups in total. The van der Waals surface area contributed by atoms with Gasteiger partial charge in [-0.1, -0.05) is 13.0 Å². The van der Waals surface area contributed by atoms with Crippen molar-refractivity contribution >= 4 is 35.8 Å². The molecule has 0 aliphatic carbocycles. The fraction of sp³-hybridized carbons (Fsp3) is 0.429. The molecule has 0 spiro atoms. The number of hydrogen-bond donors (Lipinski definition) is 3. The van der Waals surface area contributed by atoms with Gasteiger partial charge < -0.3 is 16.4 Å². The highest BCUT2D eigenvalue weighted by Crippen LogP contribution is 2.08. The number of rotatable bonds is 6. The van der Waals surface area contributed by atoms with Crippen LogP contribution in [0, 0.1) is 12.7 Å². The molecule has 0 heterocycles. The maximum absolute atomic E-state index is 13.3. The molecule has 5 nitrogen and oxygen atoms in total. The second kappa shape index (κ2) is 10.4. The summed E-state index contributed by atoms with van der Waals surface area (Å²) >= 11 is 0. The number of nitrogens with two attached hydrogens (primary N) is 1. The number of nitrogens with zero attached hydrogens (tertiary/aromatic N) is 1. The van der Waals surface area contributed by atoms with Crippen LogP contribution in [-0.4, -0.2) is 31.5 Å². The molecule has 0 aliphatic rings. The van der Waals surface area contributed by atoms with Gasteiger partial charge in [-0.2, -0.15) is 0 Å². The zero-order chi connectivity index (χ0) is 15.0. The lowest BCUT2D eigenvalue weighted by molar-refractivity contribution is 0.0954. The van der Waals surface area contributed by atoms with E-state index >= 15 is 0 Å². The molecule has 0 fully saturated rings. The highest BCUT2D eigenvalue weighted by Gasteiger charge is 2.07. The van der Waals surface area contributed by atoms with Crippen molar-refractivity contribution in [2.45, 2.75) is 20.3 Å². The largest absolute Gasteiger partial charge is 0.370 e. The van der Waals surface area contributed by atoms with E-state index in [0.717, 1.165) is 6.42 Å². The zero-order valence-corrected chi connectivity index (χ0v) is 14.6. The molecule has 0 saturated heterocycles. The third kappa shape index (κ3) is 7.26. The van der Waals surface area contributed by atoms with Gasteiger partial charge in [-0.05, 0) is 31.0 Å². The summed E-state index contributed by atoms with van der Waals surface area (Å²) in [5.74, 6) is -0.330. The normalized spacial score (nSPS) is 10.7. The third-order valence-corrected chi connectivity index (χ3v) is 2.66. The molecule has 0 bridgehead atoms. The van der Waals surface area contributed by atoms with Crippen LogP contribution in [0.1, 0.15) is 29.3 Å². The number of carbonyl (C=O) groups is 1. The Morgan fingerprint density at radius 3 is 2.62 bits per heavy atom. The topological polar surface area (TPSA) is 79.5 Å². The molecule has 0 unspecified atom stereocenters. The quantitative estimate of drug-likeness (QED) is 0.291. The van der Waals surface area contributed by atoms with E-state index in [-0.39, 0.29) is 35.7 Å². The first kappa shape index (κ1) is 19.6. The Morgan fingerprint density at radius 1 is 1.33 bits per heavy atom. The van der Waals surface area contributed by atoms with Crippen molar-refractivity contribution in [1.82, 2.24) is 10.6 Å². The van der Waals surface area contributed by atoms with Crippen LogP contribution in [-0.2, 0) is 0 Å². The smallest absolute Gasteiger partial charge is 0.251 e. The number of aliphatic imine (C=N–C) groups is 1. The predicted molar refractivity (Wildman–Crippen MR) is 93.7 cm³/mol. The van der Waals surface area contributed by atoms with Gasteiger partial charge in [0, 0.05) is 25.2 Å². The predicted octanol–water partition coefficient (Wildman–Crippen LogP) is 1.80. The Balaban J connectivity index is 0.00000400. The lowest BCUT2D eigenvalue weighted by Crippen LogP contribution is -2.38. The van der Waals surface area contributed by atoms with Gasteiger partial charge in [-0.15, -0.1) is 24.0 Å². The summed E-state index contributed by atoms with van der Waals surface area (Å²) in [6, 6.07) is 4.41. The summed E-state index contributed by atoms with van der Waals surface area (Å²) in [7, 11) is 0. The molecular weight excluding hydrogens is 386 g/mol. The van der Waals surface area contributed by atoms with E-state index in [1.807, 2.05) is 6.92 Å². The van der Waals surface area contributed by atoms with Crippen molar-refractivity contribution in [3.05, 3.63) is 35.1 Å². The van der Waals surface area contributed by atoms with Gasteiger partial charge in [0.05, 0.1) is 0 Å². The molecule has 0 aromatic heterocycles. The van der Waals surface area contributed by atoms with E-state index in [2.05, 4.69) is 15.6 Å². The van der Waals surface area contributed by atoms with Crippen LogP contribution >= 0.6 is 24.0 Å². The Hall–Kier alpha value is -1.38. The van der Waals surface area contributed by atoms with Crippen LogP contribution in [0.15, 0.2) is 23.2 Å². The fourth-order valence-electron chi connectivity index (χ4n) is 1.49. The summed E-state index contributed by atoms with van der Waals surface area (Å²) < 4.78 is 13.3. The third-order valence-electron chi connectivity index (χ3n) is 2.66. The minimum atomic E-state index is -0.383. The summed E-state index contributed by atoms with van der Waals surface area (Å²) in [6.45, 7) is 5.20. The van der Waals surface area contributed by atoms with Gasteiger partial charge in [0.15, 0.2) is 5.96 Å². The number of benzene rings is 1. The number of aryl methyl sites for hydroxylation is 1. The van der Waals surface area contributed by atoms with Gasteiger partial charge in [0.2, 0.25) is 0 Å². The van der Waals surface area contributed by atoms with E-state index in [0.29, 0.717) is 36.7 Å². The zero-order valence-electron chi connectivity index (χ0n) is 12.3. The molecule has 0 radical (unpaired) electrons. The number of carbonyl (C=O) groups excluding carboxylic acids is 1. The Bertz CT molecular complexity index is 494. The van der Waals surface area contributed by atoms with Crippen LogP contribution in [0.4, 0.5) is 4.39 Å². The Labute approximate surface area is 141 Å². The Kier molecular flexibility index (Phi) is 9.68. The van der Waals surface area contributed by atoms with Crippen molar-refractivity contribution < 1.29 is 9.18 Å². The van der Waals surface area contributed by atoms with Crippen LogP contribution in [0.2, 0.25) is 0 Å². The molecule has 118 valence electrons. The Morgan fingerprint density at radius 2 is 2.00 bits per heavy atom. The number of halogens is 2. The number of amides is 1. The molecule has 7 heteroatoms. The van der Waals surface area contributed by atoms with E-state index in [9.17, 15) is 9.18 Å². The number of nitrogens with one attached hydrogen (secondary N) is 2. The first-order valence-corrected chi connectivity index (χ1v) is 6.62. The average molecular weight is 408 g/mol. The fourth-order valence-corrected chi connectivity index (χ4v) is 1.49. The highest BCUT2D eigenvalue weighted by atomic mass is 127. The average Bonchev–Trinajstić information content (AvgIpc) is 2.44. The minimum Gasteiger partial charge on any atom is -0.370 e.